The number of nitrogens with one attached hydrogen (secondary N) is 1. The van der Waals surface area contributed by atoms with Gasteiger partial charge in [-0.15, -0.1) is 11.3 Å². The second-order valence-corrected chi connectivity index (χ2v) is 9.25. The third-order valence-corrected chi connectivity index (χ3v) is 7.27. The molecular weight excluding hydrogens is 401 g/mol. The molecule has 1 aliphatic heterocycles. The van der Waals surface area contributed by atoms with Crippen LogP contribution in [0.15, 0.2) is 59.5 Å². The molecule has 2 heterocycles. The van der Waals surface area contributed by atoms with Crippen LogP contribution in [0.2, 0.25) is 0 Å². The van der Waals surface area contributed by atoms with Gasteiger partial charge in [-0.1, -0.05) is 30.3 Å². The number of sulfonamides is 1. The molecule has 4 rings (SSSR count). The third-order valence-electron chi connectivity index (χ3n) is 4.42. The minimum absolute atomic E-state index is 0.0658. The zero-order chi connectivity index (χ0) is 19.7. The van der Waals surface area contributed by atoms with Crippen LogP contribution in [0.3, 0.4) is 0 Å². The van der Waals surface area contributed by atoms with Gasteiger partial charge in [-0.2, -0.15) is 4.31 Å². The smallest absolute Gasteiger partial charge is 0.260 e. The molecular formula is C19H16FN3O3S2. The SMILES string of the molecule is O=C(Nc1nc2c(s1)CN(S(=O)(=O)c1ccccc1)CC2)c1ccccc1F. The largest absolute Gasteiger partial charge is 0.298 e. The van der Waals surface area contributed by atoms with Crippen molar-refractivity contribution in [1.82, 2.24) is 9.29 Å². The summed E-state index contributed by atoms with van der Waals surface area (Å²) in [5, 5.41) is 2.93. The van der Waals surface area contributed by atoms with Gasteiger partial charge in [0.15, 0.2) is 5.13 Å². The van der Waals surface area contributed by atoms with E-state index in [0.717, 1.165) is 10.6 Å². The molecule has 0 radical (unpaired) electrons. The number of thiazole rings is 1. The average molecular weight is 417 g/mol. The quantitative estimate of drug-likeness (QED) is 0.707. The second-order valence-electron chi connectivity index (χ2n) is 6.22. The molecule has 6 nitrogen and oxygen atoms in total. The maximum Gasteiger partial charge on any atom is 0.260 e. The van der Waals surface area contributed by atoms with Crippen LogP contribution in [0.25, 0.3) is 0 Å². The molecule has 0 saturated carbocycles. The summed E-state index contributed by atoms with van der Waals surface area (Å²) in [4.78, 5) is 17.7. The number of anilines is 1. The van der Waals surface area contributed by atoms with Crippen molar-refractivity contribution in [3.8, 4) is 0 Å². The molecule has 3 aromatic rings. The lowest BCUT2D eigenvalue weighted by Gasteiger charge is -2.25. The molecule has 1 N–H and O–H groups in total. The van der Waals surface area contributed by atoms with Crippen molar-refractivity contribution in [3.63, 3.8) is 0 Å². The van der Waals surface area contributed by atoms with Crippen molar-refractivity contribution in [2.24, 2.45) is 0 Å². The highest BCUT2D eigenvalue weighted by Gasteiger charge is 2.30. The Morgan fingerprint density at radius 2 is 1.82 bits per heavy atom. The Kier molecular flexibility index (Phi) is 4.96. The number of amides is 1. The summed E-state index contributed by atoms with van der Waals surface area (Å²) < 4.78 is 40.8. The highest BCUT2D eigenvalue weighted by molar-refractivity contribution is 7.89. The lowest BCUT2D eigenvalue weighted by atomic mass is 10.2. The fourth-order valence-corrected chi connectivity index (χ4v) is 5.51. The molecule has 1 amide bonds. The van der Waals surface area contributed by atoms with Gasteiger partial charge in [0.25, 0.3) is 5.91 Å². The minimum Gasteiger partial charge on any atom is -0.298 e. The number of carbonyl (C=O) groups excluding carboxylic acids is 1. The first-order valence-electron chi connectivity index (χ1n) is 8.55. The topological polar surface area (TPSA) is 79.4 Å². The Bertz CT molecular complexity index is 1130. The predicted molar refractivity (Wildman–Crippen MR) is 104 cm³/mol. The zero-order valence-electron chi connectivity index (χ0n) is 14.6. The van der Waals surface area contributed by atoms with Gasteiger partial charge in [0.2, 0.25) is 10.0 Å². The Labute approximate surface area is 165 Å². The van der Waals surface area contributed by atoms with Gasteiger partial charge >= 0.3 is 0 Å². The van der Waals surface area contributed by atoms with E-state index in [4.69, 9.17) is 0 Å². The molecule has 144 valence electrons. The summed E-state index contributed by atoms with van der Waals surface area (Å²) in [6.45, 7) is 0.508. The van der Waals surface area contributed by atoms with Gasteiger partial charge in [0.05, 0.1) is 22.7 Å². The molecule has 0 spiro atoms. The van der Waals surface area contributed by atoms with Crippen LogP contribution < -0.4 is 5.32 Å². The summed E-state index contributed by atoms with van der Waals surface area (Å²) in [6, 6.07) is 14.0. The van der Waals surface area contributed by atoms with Gasteiger partial charge in [-0.25, -0.2) is 17.8 Å². The van der Waals surface area contributed by atoms with Gasteiger partial charge in [-0.3, -0.25) is 10.1 Å². The molecule has 0 saturated heterocycles. The van der Waals surface area contributed by atoms with Crippen molar-refractivity contribution in [1.29, 1.82) is 0 Å². The normalized spacial score (nSPS) is 14.5. The standard InChI is InChI=1S/C19H16FN3O3S2/c20-15-9-5-4-8-14(15)18(24)22-19-21-16-10-11-23(12-17(16)27-19)28(25,26)13-6-2-1-3-7-13/h1-9H,10-12H2,(H,21,22,24). The highest BCUT2D eigenvalue weighted by atomic mass is 32.2. The van der Waals surface area contributed by atoms with Crippen molar-refractivity contribution in [2.75, 3.05) is 11.9 Å². The molecule has 1 aromatic heterocycles. The van der Waals surface area contributed by atoms with E-state index in [2.05, 4.69) is 10.3 Å². The fourth-order valence-electron chi connectivity index (χ4n) is 2.98. The number of carbonyl (C=O) groups is 1. The van der Waals surface area contributed by atoms with Gasteiger partial charge in [0, 0.05) is 17.8 Å². The Morgan fingerprint density at radius 1 is 1.11 bits per heavy atom. The number of benzene rings is 2. The van der Waals surface area contributed by atoms with Crippen LogP contribution in [0.4, 0.5) is 9.52 Å². The third kappa shape index (κ3) is 3.56. The summed E-state index contributed by atoms with van der Waals surface area (Å²) in [5.41, 5.74) is 0.692. The van der Waals surface area contributed by atoms with E-state index >= 15 is 0 Å². The monoisotopic (exact) mass is 417 g/mol. The minimum atomic E-state index is -3.59. The molecule has 0 bridgehead atoms. The maximum atomic E-state index is 13.8. The van der Waals surface area contributed by atoms with Crippen LogP contribution >= 0.6 is 11.3 Å². The molecule has 0 atom stereocenters. The van der Waals surface area contributed by atoms with E-state index in [1.54, 1.807) is 36.4 Å². The van der Waals surface area contributed by atoms with E-state index < -0.39 is 21.7 Å². The Morgan fingerprint density at radius 3 is 2.57 bits per heavy atom. The molecule has 28 heavy (non-hydrogen) atoms. The van der Waals surface area contributed by atoms with E-state index in [1.807, 2.05) is 0 Å². The molecule has 2 aromatic carbocycles. The Hall–Kier alpha value is -2.62. The average Bonchev–Trinajstić information content (AvgIpc) is 3.10. The maximum absolute atomic E-state index is 13.8. The summed E-state index contributed by atoms with van der Waals surface area (Å²) >= 11 is 1.21. The van der Waals surface area contributed by atoms with Gasteiger partial charge in [-0.05, 0) is 24.3 Å². The lowest BCUT2D eigenvalue weighted by Crippen LogP contribution is -2.35. The number of halogens is 1. The number of hydrogen-bond donors (Lipinski definition) is 1. The van der Waals surface area contributed by atoms with Crippen LogP contribution in [-0.4, -0.2) is 30.2 Å². The summed E-state index contributed by atoms with van der Waals surface area (Å²) in [5.74, 6) is -1.19. The van der Waals surface area contributed by atoms with Crippen LogP contribution in [0.5, 0.6) is 0 Å². The van der Waals surface area contributed by atoms with E-state index in [9.17, 15) is 17.6 Å². The second kappa shape index (κ2) is 7.42. The van der Waals surface area contributed by atoms with Crippen molar-refractivity contribution in [2.45, 2.75) is 17.9 Å². The first-order valence-corrected chi connectivity index (χ1v) is 10.8. The highest BCUT2D eigenvalue weighted by Crippen LogP contribution is 2.31. The number of fused-ring (bicyclic) bond motifs is 1. The molecule has 0 aliphatic carbocycles. The number of rotatable bonds is 4. The first-order chi connectivity index (χ1) is 13.4. The zero-order valence-corrected chi connectivity index (χ0v) is 16.3. The van der Waals surface area contributed by atoms with Crippen LogP contribution in [0.1, 0.15) is 20.9 Å². The Balaban J connectivity index is 1.53. The molecule has 0 unspecified atom stereocenters. The summed E-state index contributed by atoms with van der Waals surface area (Å²) in [7, 11) is -3.59. The lowest BCUT2D eigenvalue weighted by molar-refractivity contribution is 0.102. The number of hydrogen-bond acceptors (Lipinski definition) is 5. The molecule has 1 aliphatic rings. The van der Waals surface area contributed by atoms with Crippen LogP contribution in [0, 0.1) is 5.82 Å². The summed E-state index contributed by atoms with van der Waals surface area (Å²) in [6.07, 6.45) is 0.452. The molecule has 0 fully saturated rings. The molecule has 9 heteroatoms. The van der Waals surface area contributed by atoms with Crippen molar-refractivity contribution in [3.05, 3.63) is 76.5 Å². The predicted octanol–water partition coefficient (Wildman–Crippen LogP) is 3.28. The number of nitrogens with zero attached hydrogens (tertiary/aromatic N) is 2. The van der Waals surface area contributed by atoms with Crippen molar-refractivity contribution >= 4 is 32.4 Å². The van der Waals surface area contributed by atoms with E-state index in [-0.39, 0.29) is 17.0 Å². The van der Waals surface area contributed by atoms with Gasteiger partial charge < -0.3 is 0 Å². The van der Waals surface area contributed by atoms with E-state index in [1.165, 1.54) is 33.8 Å². The van der Waals surface area contributed by atoms with E-state index in [0.29, 0.717) is 18.1 Å². The first kappa shape index (κ1) is 18.7. The van der Waals surface area contributed by atoms with Gasteiger partial charge in [0.1, 0.15) is 5.82 Å². The fraction of sp³-hybridized carbons (Fsp3) is 0.158. The number of aromatic nitrogens is 1. The van der Waals surface area contributed by atoms with Crippen LogP contribution in [-0.2, 0) is 23.0 Å². The van der Waals surface area contributed by atoms with Crippen molar-refractivity contribution < 1.29 is 17.6 Å².